The predicted octanol–water partition coefficient (Wildman–Crippen LogP) is 2.21. The largest absolute Gasteiger partial charge is 0.316 e. The Morgan fingerprint density at radius 2 is 2.08 bits per heavy atom. The summed E-state index contributed by atoms with van der Waals surface area (Å²) < 4.78 is 36.4. The Bertz CT molecular complexity index is 323. The minimum Gasteiger partial charge on any atom is -0.316 e. The van der Waals surface area contributed by atoms with Gasteiger partial charge in [0, 0.05) is 6.07 Å². The van der Waals surface area contributed by atoms with E-state index in [4.69, 9.17) is 0 Å². The van der Waals surface area contributed by atoms with Crippen molar-refractivity contribution in [1.29, 1.82) is 0 Å². The fourth-order valence-corrected chi connectivity index (χ4v) is 1.27. The van der Waals surface area contributed by atoms with Crippen LogP contribution in [-0.4, -0.2) is 4.98 Å². The molecule has 0 atom stereocenters. The minimum atomic E-state index is -2.95. The highest BCUT2D eigenvalue weighted by Crippen LogP contribution is 2.26. The van der Waals surface area contributed by atoms with E-state index in [-0.39, 0.29) is 4.60 Å². The topological polar surface area (TPSA) is 32.9 Å². The number of pyridine rings is 1. The van der Waals surface area contributed by atoms with Crippen LogP contribution in [0.1, 0.15) is 12.0 Å². The van der Waals surface area contributed by atoms with E-state index in [1.807, 2.05) is 4.98 Å². The SMILES string of the molecule is O=c1cc(F)c(C(F)F)c(Br)[nH]1. The number of halogens is 4. The first-order valence-electron chi connectivity index (χ1n) is 2.88. The molecule has 0 radical (unpaired) electrons. The quantitative estimate of drug-likeness (QED) is 0.752. The van der Waals surface area contributed by atoms with Crippen LogP contribution < -0.4 is 5.56 Å². The average molecular weight is 242 g/mol. The van der Waals surface area contributed by atoms with E-state index < -0.39 is 23.4 Å². The van der Waals surface area contributed by atoms with Crippen LogP contribution in [0.4, 0.5) is 13.2 Å². The molecule has 66 valence electrons. The number of hydrogen-bond acceptors (Lipinski definition) is 1. The van der Waals surface area contributed by atoms with E-state index in [9.17, 15) is 18.0 Å². The monoisotopic (exact) mass is 241 g/mol. The summed E-state index contributed by atoms with van der Waals surface area (Å²) in [6.07, 6.45) is -2.95. The maximum Gasteiger partial charge on any atom is 0.269 e. The first-order valence-corrected chi connectivity index (χ1v) is 3.68. The molecule has 0 spiro atoms. The van der Waals surface area contributed by atoms with Gasteiger partial charge in [-0.3, -0.25) is 4.79 Å². The second-order valence-electron chi connectivity index (χ2n) is 2.01. The number of aromatic nitrogens is 1. The standard InChI is InChI=1S/C6H3BrF3NO/c7-5-4(6(9)10)2(8)1-3(12)11-5/h1,6H,(H,11,12). The van der Waals surface area contributed by atoms with Gasteiger partial charge in [0.2, 0.25) is 0 Å². The van der Waals surface area contributed by atoms with Gasteiger partial charge in [-0.1, -0.05) is 0 Å². The van der Waals surface area contributed by atoms with Gasteiger partial charge in [-0.05, 0) is 15.9 Å². The lowest BCUT2D eigenvalue weighted by Gasteiger charge is -2.02. The van der Waals surface area contributed by atoms with Crippen molar-refractivity contribution >= 4 is 15.9 Å². The zero-order valence-corrected chi connectivity index (χ0v) is 7.16. The van der Waals surface area contributed by atoms with Crippen molar-refractivity contribution in [2.24, 2.45) is 0 Å². The normalized spacial score (nSPS) is 10.8. The van der Waals surface area contributed by atoms with Gasteiger partial charge in [-0.2, -0.15) is 0 Å². The highest BCUT2D eigenvalue weighted by Gasteiger charge is 2.17. The van der Waals surface area contributed by atoms with Crippen molar-refractivity contribution in [2.45, 2.75) is 6.43 Å². The Balaban J connectivity index is 3.38. The summed E-state index contributed by atoms with van der Waals surface area (Å²) in [5.74, 6) is -1.21. The van der Waals surface area contributed by atoms with Gasteiger partial charge in [0.1, 0.15) is 5.82 Å². The Morgan fingerprint density at radius 1 is 1.50 bits per heavy atom. The summed E-state index contributed by atoms with van der Waals surface area (Å²) in [6.45, 7) is 0. The third-order valence-corrected chi connectivity index (χ3v) is 1.83. The van der Waals surface area contributed by atoms with E-state index in [1.165, 1.54) is 0 Å². The highest BCUT2D eigenvalue weighted by molar-refractivity contribution is 9.10. The molecular weight excluding hydrogens is 239 g/mol. The molecule has 0 fully saturated rings. The fourth-order valence-electron chi connectivity index (χ4n) is 0.709. The maximum atomic E-state index is 12.6. The zero-order chi connectivity index (χ0) is 9.30. The minimum absolute atomic E-state index is 0.317. The zero-order valence-electron chi connectivity index (χ0n) is 5.57. The summed E-state index contributed by atoms with van der Waals surface area (Å²) in [6, 6.07) is 0.478. The molecule has 0 bridgehead atoms. The van der Waals surface area contributed by atoms with E-state index in [0.29, 0.717) is 6.07 Å². The Morgan fingerprint density at radius 3 is 2.50 bits per heavy atom. The van der Waals surface area contributed by atoms with Crippen molar-refractivity contribution in [1.82, 2.24) is 4.98 Å². The van der Waals surface area contributed by atoms with E-state index >= 15 is 0 Å². The Kier molecular flexibility index (Phi) is 2.56. The summed E-state index contributed by atoms with van der Waals surface area (Å²) in [5, 5.41) is 0. The van der Waals surface area contributed by atoms with Crippen LogP contribution >= 0.6 is 15.9 Å². The van der Waals surface area contributed by atoms with Crippen molar-refractivity contribution in [2.75, 3.05) is 0 Å². The molecule has 0 unspecified atom stereocenters. The third-order valence-electron chi connectivity index (χ3n) is 1.20. The molecule has 0 saturated heterocycles. The van der Waals surface area contributed by atoms with E-state index in [1.54, 1.807) is 0 Å². The van der Waals surface area contributed by atoms with Crippen LogP contribution in [0.2, 0.25) is 0 Å². The van der Waals surface area contributed by atoms with Gasteiger partial charge in [-0.15, -0.1) is 0 Å². The van der Waals surface area contributed by atoms with Gasteiger partial charge in [-0.25, -0.2) is 13.2 Å². The van der Waals surface area contributed by atoms with Gasteiger partial charge in [0.15, 0.2) is 0 Å². The van der Waals surface area contributed by atoms with Crippen LogP contribution in [0.25, 0.3) is 0 Å². The lowest BCUT2D eigenvalue weighted by atomic mass is 10.3. The van der Waals surface area contributed by atoms with Crippen LogP contribution in [0.5, 0.6) is 0 Å². The van der Waals surface area contributed by atoms with Crippen molar-refractivity contribution < 1.29 is 13.2 Å². The smallest absolute Gasteiger partial charge is 0.269 e. The average Bonchev–Trinajstić information content (AvgIpc) is 1.82. The molecule has 1 rings (SSSR count). The van der Waals surface area contributed by atoms with Crippen molar-refractivity contribution in [3.8, 4) is 0 Å². The molecule has 0 aliphatic heterocycles. The summed E-state index contributed by atoms with van der Waals surface area (Å²) >= 11 is 2.62. The summed E-state index contributed by atoms with van der Waals surface area (Å²) in [4.78, 5) is 12.5. The first kappa shape index (κ1) is 9.31. The molecule has 0 aromatic carbocycles. The molecule has 0 aliphatic rings. The van der Waals surface area contributed by atoms with Gasteiger partial charge in [0.05, 0.1) is 10.2 Å². The first-order chi connectivity index (χ1) is 5.52. The Hall–Kier alpha value is -0.780. The highest BCUT2D eigenvalue weighted by atomic mass is 79.9. The maximum absolute atomic E-state index is 12.6. The van der Waals surface area contributed by atoms with Crippen LogP contribution in [-0.2, 0) is 0 Å². The number of aromatic amines is 1. The van der Waals surface area contributed by atoms with Crippen molar-refractivity contribution in [3.63, 3.8) is 0 Å². The van der Waals surface area contributed by atoms with Crippen LogP contribution in [0.3, 0.4) is 0 Å². The molecule has 0 saturated carbocycles. The van der Waals surface area contributed by atoms with Crippen LogP contribution in [0.15, 0.2) is 15.5 Å². The predicted molar refractivity (Wildman–Crippen MR) is 39.7 cm³/mol. The van der Waals surface area contributed by atoms with Gasteiger partial charge in [0.25, 0.3) is 12.0 Å². The molecule has 1 heterocycles. The van der Waals surface area contributed by atoms with Crippen LogP contribution in [0, 0.1) is 5.82 Å². The Labute approximate surface area is 73.5 Å². The molecular formula is C6H3BrF3NO. The third kappa shape index (κ3) is 1.69. The molecule has 6 heteroatoms. The summed E-state index contributed by atoms with van der Waals surface area (Å²) in [7, 11) is 0. The second kappa shape index (κ2) is 3.30. The molecule has 12 heavy (non-hydrogen) atoms. The van der Waals surface area contributed by atoms with Gasteiger partial charge >= 0.3 is 0 Å². The summed E-state index contributed by atoms with van der Waals surface area (Å²) in [5.41, 5.74) is -1.58. The molecule has 1 N–H and O–H groups in total. The molecule has 1 aromatic heterocycles. The molecule has 0 amide bonds. The van der Waals surface area contributed by atoms with Gasteiger partial charge < -0.3 is 4.98 Å². The molecule has 2 nitrogen and oxygen atoms in total. The van der Waals surface area contributed by atoms with E-state index in [0.717, 1.165) is 0 Å². The number of H-pyrrole nitrogens is 1. The number of nitrogens with one attached hydrogen (secondary N) is 1. The lowest BCUT2D eigenvalue weighted by molar-refractivity contribution is 0.144. The second-order valence-corrected chi connectivity index (χ2v) is 2.80. The van der Waals surface area contributed by atoms with Crippen molar-refractivity contribution in [3.05, 3.63) is 32.4 Å². The number of hydrogen-bond donors (Lipinski definition) is 1. The molecule has 0 aliphatic carbocycles. The van der Waals surface area contributed by atoms with E-state index in [2.05, 4.69) is 15.9 Å². The lowest BCUT2D eigenvalue weighted by Crippen LogP contribution is -2.09. The number of alkyl halides is 2. The fraction of sp³-hybridized carbons (Fsp3) is 0.167. The number of rotatable bonds is 1. The molecule has 1 aromatic rings.